The standard InChI is InChI=1S/2C9H19NO2.2C9H19NO.C9H18O3.2C8H17NO.C8H16O5.C7H14O2/c1-7-5-6-9(8(2)12-7)10(3,4)11;1-6-8(10(3)4)5-9(11)7(2)12-6;2*1-7-5-6-9(10(3)4)8(2)11-7;1-6-5-8(10-3)9(11-4)7(2)12-6;2*1-6-4-5-8(9-3)7(2)10-6;1-4-6(10)8(12-2)7(11)5(3-9)13-4;1-5-3-4-7(8)6(2)9-5/h7-9H,5-6H2,1-4H3;6-9,11H,5H2,1-4H3;2*7-9H,5-6H2,1-4H3;6-9H,5H2,1-4H3;2*6-9H,4-5H2,1-3H3;4-11H,3H2,1-2H3;5-8H,3-4H2,1-2H3. The van der Waals surface area contributed by atoms with Gasteiger partial charge in [0.2, 0.25) is 0 Å². The van der Waals surface area contributed by atoms with Crippen molar-refractivity contribution < 1.29 is 87.0 Å². The Bertz CT molecular complexity index is 1970. The molecule has 0 aliphatic carbocycles. The average Bonchev–Trinajstić information content (AvgIpc) is 0.830. The zero-order valence-electron chi connectivity index (χ0n) is 68.8. The van der Waals surface area contributed by atoms with Crippen molar-refractivity contribution in [1.82, 2.24) is 25.3 Å². The molecule has 0 bridgehead atoms. The molecule has 0 aromatic carbocycles. The molecule has 0 aromatic rings. The molecule has 0 amide bonds. The molecule has 600 valence electrons. The van der Waals surface area contributed by atoms with Crippen molar-refractivity contribution in [3.8, 4) is 0 Å². The van der Waals surface area contributed by atoms with E-state index in [1.165, 1.54) is 58.5 Å². The van der Waals surface area contributed by atoms with Crippen LogP contribution in [0, 0.1) is 5.21 Å². The number of nitrogens with one attached hydrogen (secondary N) is 2. The molecule has 0 spiro atoms. The number of nitrogens with zero attached hydrogens (tertiary/aromatic N) is 4. The summed E-state index contributed by atoms with van der Waals surface area (Å²) in [7, 11) is 24.8. The highest BCUT2D eigenvalue weighted by Gasteiger charge is 2.43. The smallest absolute Gasteiger partial charge is 0.115 e. The summed E-state index contributed by atoms with van der Waals surface area (Å²) in [4.78, 5) is 6.63. The topological polar surface area (TPSA) is 269 Å². The Morgan fingerprint density at radius 1 is 0.370 bits per heavy atom. The molecule has 0 radical (unpaired) electrons. The lowest BCUT2D eigenvalue weighted by atomic mass is 9.96. The normalized spacial score (nSPS) is 42.1. The molecule has 100 heavy (non-hydrogen) atoms. The molecule has 9 aliphatic rings. The van der Waals surface area contributed by atoms with Gasteiger partial charge in [-0.2, -0.15) is 0 Å². The van der Waals surface area contributed by atoms with Crippen LogP contribution in [0.1, 0.15) is 208 Å². The lowest BCUT2D eigenvalue weighted by Crippen LogP contribution is -2.58. The van der Waals surface area contributed by atoms with Crippen molar-refractivity contribution >= 4 is 0 Å². The monoisotopic (exact) mass is 1440 g/mol. The van der Waals surface area contributed by atoms with E-state index >= 15 is 0 Å². The first kappa shape index (κ1) is 97.1. The fourth-order valence-corrected chi connectivity index (χ4v) is 15.1. The third-order valence-corrected chi connectivity index (χ3v) is 21.5. The van der Waals surface area contributed by atoms with Gasteiger partial charge < -0.3 is 118 Å². The Morgan fingerprint density at radius 2 is 0.730 bits per heavy atom. The highest BCUT2D eigenvalue weighted by Crippen LogP contribution is 2.29. The maximum Gasteiger partial charge on any atom is 0.115 e. The molecule has 7 N–H and O–H groups in total. The fraction of sp³-hybridized carbons (Fsp3) is 1.00. The lowest BCUT2D eigenvalue weighted by Gasteiger charge is -2.47. The minimum atomic E-state index is -0.985. The van der Waals surface area contributed by atoms with Crippen molar-refractivity contribution in [2.24, 2.45) is 0 Å². The van der Waals surface area contributed by atoms with Crippen LogP contribution in [0.3, 0.4) is 0 Å². The number of aliphatic hydroxyl groups excluding tert-OH is 5. The molecule has 9 fully saturated rings. The molecule has 9 rings (SSSR count). The van der Waals surface area contributed by atoms with Gasteiger partial charge in [0.05, 0.1) is 137 Å². The van der Waals surface area contributed by atoms with Gasteiger partial charge >= 0.3 is 0 Å². The number of likely N-dealkylation sites (N-methyl/N-ethyl adjacent to an activating group) is 6. The molecule has 24 heteroatoms. The third-order valence-electron chi connectivity index (χ3n) is 21.5. The van der Waals surface area contributed by atoms with Crippen molar-refractivity contribution in [3.63, 3.8) is 0 Å². The van der Waals surface area contributed by atoms with Crippen LogP contribution in [0.2, 0.25) is 0 Å². The third kappa shape index (κ3) is 35.4. The van der Waals surface area contributed by atoms with Crippen molar-refractivity contribution in [3.05, 3.63) is 5.21 Å². The SMILES string of the molecule is CC1CCC(N(C)C)C(C)O1.CC1CCC(N(C)C)C(C)O1.CC1CCC(O)C(C)O1.CC1CCC([N+](C)(C)[O-])C(C)O1.CC1OC(C)C(N(C)C)CC1O.CNC1CCC(C)OC1C.CNC1CCC(C)OC1C.COC1C(O)C(C)OC(CO)C1O.COC1CC(C)OC(C)C1OC. The van der Waals surface area contributed by atoms with Gasteiger partial charge in [0, 0.05) is 64.4 Å². The summed E-state index contributed by atoms with van der Waals surface area (Å²) in [6, 6.07) is 2.82. The quantitative estimate of drug-likeness (QED) is 0.0807. The van der Waals surface area contributed by atoms with E-state index < -0.39 is 30.5 Å². The summed E-state index contributed by atoms with van der Waals surface area (Å²) in [5.74, 6) is 0. The van der Waals surface area contributed by atoms with E-state index in [1.54, 1.807) is 35.2 Å². The first-order chi connectivity index (χ1) is 46.6. The molecule has 31 unspecified atom stereocenters. The highest BCUT2D eigenvalue weighted by atomic mass is 16.6. The summed E-state index contributed by atoms with van der Waals surface area (Å²) < 4.78 is 65.3. The van der Waals surface area contributed by atoms with Crippen molar-refractivity contribution in [2.45, 2.75) is 396 Å². The molecule has 31 atom stereocenters. The van der Waals surface area contributed by atoms with Gasteiger partial charge in [0.25, 0.3) is 0 Å². The number of quaternary nitrogens is 1. The number of hydrogen-bond donors (Lipinski definition) is 7. The maximum atomic E-state index is 11.6. The number of hydroxylamine groups is 3. The van der Waals surface area contributed by atoms with Crippen LogP contribution in [-0.2, 0) is 56.8 Å². The Balaban J connectivity index is 0.000000563. The van der Waals surface area contributed by atoms with E-state index in [1.807, 2.05) is 62.8 Å². The molecule has 24 nitrogen and oxygen atoms in total. The van der Waals surface area contributed by atoms with Gasteiger partial charge in [-0.05, 0) is 251 Å². The van der Waals surface area contributed by atoms with Crippen LogP contribution in [0.5, 0.6) is 0 Å². The molecular weight excluding hydrogens is 1280 g/mol. The highest BCUT2D eigenvalue weighted by molar-refractivity contribution is 4.92. The molecular formula is C76H158N6O18. The number of ether oxygens (including phenoxy) is 12. The predicted octanol–water partition coefficient (Wildman–Crippen LogP) is 7.97. The minimum absolute atomic E-state index is 0.0174. The molecule has 0 aromatic heterocycles. The Labute approximate surface area is 610 Å². The van der Waals surface area contributed by atoms with Gasteiger partial charge in [0.15, 0.2) is 0 Å². The molecule has 9 aliphatic heterocycles. The molecule has 9 heterocycles. The molecule has 9 saturated heterocycles. The first-order valence-corrected chi connectivity index (χ1v) is 38.3. The van der Waals surface area contributed by atoms with E-state index in [9.17, 15) is 25.6 Å². The zero-order chi connectivity index (χ0) is 76.6. The van der Waals surface area contributed by atoms with Gasteiger partial charge in [0.1, 0.15) is 42.7 Å². The summed E-state index contributed by atoms with van der Waals surface area (Å²) in [5.41, 5.74) is 0. The number of aliphatic hydroxyl groups is 5. The second-order valence-corrected chi connectivity index (χ2v) is 31.3. The Hall–Kier alpha value is -0.960. The summed E-state index contributed by atoms with van der Waals surface area (Å²) in [6.45, 7) is 34.7. The zero-order valence-corrected chi connectivity index (χ0v) is 68.8. The largest absolute Gasteiger partial charge is 0.633 e. The van der Waals surface area contributed by atoms with Gasteiger partial charge in [-0.3, -0.25) is 0 Å². The summed E-state index contributed by atoms with van der Waals surface area (Å²) in [6.07, 6.45) is 16.3. The maximum absolute atomic E-state index is 11.6. The van der Waals surface area contributed by atoms with Crippen LogP contribution in [-0.4, -0.2) is 332 Å². The number of hydrogen-bond acceptors (Lipinski definition) is 23. The van der Waals surface area contributed by atoms with Crippen LogP contribution in [0.4, 0.5) is 0 Å². The Kier molecular flexibility index (Phi) is 48.4. The van der Waals surface area contributed by atoms with Crippen LogP contribution < -0.4 is 10.6 Å². The van der Waals surface area contributed by atoms with Crippen LogP contribution >= 0.6 is 0 Å². The van der Waals surface area contributed by atoms with Crippen LogP contribution in [0.15, 0.2) is 0 Å². The van der Waals surface area contributed by atoms with E-state index in [0.29, 0.717) is 91.2 Å². The molecule has 0 saturated carbocycles. The van der Waals surface area contributed by atoms with Gasteiger partial charge in [-0.1, -0.05) is 0 Å². The average molecular weight is 1440 g/mol. The Morgan fingerprint density at radius 3 is 1.07 bits per heavy atom. The number of methoxy groups -OCH3 is 3. The fourth-order valence-electron chi connectivity index (χ4n) is 15.1. The van der Waals surface area contributed by atoms with Crippen molar-refractivity contribution in [2.75, 3.05) is 98.4 Å². The van der Waals surface area contributed by atoms with Crippen molar-refractivity contribution in [1.29, 1.82) is 0 Å². The predicted molar refractivity (Wildman–Crippen MR) is 400 cm³/mol. The van der Waals surface area contributed by atoms with E-state index in [2.05, 4.69) is 130 Å². The number of rotatable bonds is 10. The van der Waals surface area contributed by atoms with E-state index in [0.717, 1.165) is 38.5 Å². The van der Waals surface area contributed by atoms with Gasteiger partial charge in [-0.15, -0.1) is 0 Å². The minimum Gasteiger partial charge on any atom is -0.633 e. The lowest BCUT2D eigenvalue weighted by molar-refractivity contribution is -0.872. The van der Waals surface area contributed by atoms with E-state index in [-0.39, 0.29) is 78.3 Å². The first-order valence-electron chi connectivity index (χ1n) is 38.3. The van der Waals surface area contributed by atoms with Crippen LogP contribution in [0.25, 0.3) is 0 Å². The summed E-state index contributed by atoms with van der Waals surface area (Å²) in [5, 5.41) is 64.8. The second-order valence-electron chi connectivity index (χ2n) is 31.3. The second kappa shape index (κ2) is 49.9. The summed E-state index contributed by atoms with van der Waals surface area (Å²) >= 11 is 0. The van der Waals surface area contributed by atoms with Gasteiger partial charge in [-0.25, -0.2) is 0 Å². The van der Waals surface area contributed by atoms with E-state index in [4.69, 9.17) is 61.9 Å².